The molecule has 0 aliphatic heterocycles. The van der Waals surface area contributed by atoms with E-state index in [2.05, 4.69) is 38.1 Å². The van der Waals surface area contributed by atoms with Crippen molar-refractivity contribution in [2.24, 2.45) is 0 Å². The van der Waals surface area contributed by atoms with Gasteiger partial charge in [0, 0.05) is 0 Å². The smallest absolute Gasteiger partial charge is 0.343 e. The summed E-state index contributed by atoms with van der Waals surface area (Å²) in [6, 6.07) is 15.8. The first kappa shape index (κ1) is 23.2. The van der Waals surface area contributed by atoms with E-state index in [-0.39, 0.29) is 5.97 Å². The highest BCUT2D eigenvalue weighted by atomic mass is 16.5. The molecule has 0 fully saturated rings. The molecule has 2 aromatic carbocycles. The SMILES string of the molecule is CCCCCCCc1ccc(OC(=O)c2ccc(CCCCCCC)cc2)cc1. The fourth-order valence-electron chi connectivity index (χ4n) is 3.56. The number of aryl methyl sites for hydroxylation is 2. The highest BCUT2D eigenvalue weighted by Crippen LogP contribution is 2.17. The maximum Gasteiger partial charge on any atom is 0.343 e. The summed E-state index contributed by atoms with van der Waals surface area (Å²) in [5.41, 5.74) is 3.21. The zero-order chi connectivity index (χ0) is 20.7. The van der Waals surface area contributed by atoms with Gasteiger partial charge in [-0.25, -0.2) is 4.79 Å². The molecule has 29 heavy (non-hydrogen) atoms. The molecule has 2 nitrogen and oxygen atoms in total. The lowest BCUT2D eigenvalue weighted by molar-refractivity contribution is 0.0734. The molecule has 0 N–H and O–H groups in total. The third-order valence-electron chi connectivity index (χ3n) is 5.46. The summed E-state index contributed by atoms with van der Waals surface area (Å²) < 4.78 is 5.54. The van der Waals surface area contributed by atoms with E-state index in [0.29, 0.717) is 11.3 Å². The number of hydrogen-bond donors (Lipinski definition) is 0. The van der Waals surface area contributed by atoms with Gasteiger partial charge in [0.2, 0.25) is 0 Å². The molecule has 0 heterocycles. The Morgan fingerprint density at radius 1 is 0.621 bits per heavy atom. The lowest BCUT2D eigenvalue weighted by Crippen LogP contribution is -2.08. The molecular formula is C27H38O2. The molecular weight excluding hydrogens is 356 g/mol. The Kier molecular flexibility index (Phi) is 11.2. The zero-order valence-corrected chi connectivity index (χ0v) is 18.4. The van der Waals surface area contributed by atoms with Crippen LogP contribution in [0.1, 0.15) is 99.5 Å². The van der Waals surface area contributed by atoms with Crippen molar-refractivity contribution >= 4 is 5.97 Å². The molecule has 0 bridgehead atoms. The van der Waals surface area contributed by atoms with Gasteiger partial charge in [0.15, 0.2) is 0 Å². The van der Waals surface area contributed by atoms with Crippen molar-refractivity contribution in [2.75, 3.05) is 0 Å². The Labute approximate surface area is 177 Å². The molecule has 0 amide bonds. The minimum Gasteiger partial charge on any atom is -0.423 e. The highest BCUT2D eigenvalue weighted by Gasteiger charge is 2.08. The van der Waals surface area contributed by atoms with Crippen LogP contribution in [0.3, 0.4) is 0 Å². The van der Waals surface area contributed by atoms with E-state index in [0.717, 1.165) is 12.8 Å². The summed E-state index contributed by atoms with van der Waals surface area (Å²) >= 11 is 0. The molecule has 0 aromatic heterocycles. The first-order valence-electron chi connectivity index (χ1n) is 11.6. The second-order valence-corrected chi connectivity index (χ2v) is 8.06. The molecule has 0 aliphatic rings. The van der Waals surface area contributed by atoms with Crippen LogP contribution < -0.4 is 4.74 Å². The standard InChI is InChI=1S/C27H38O2/c1-3-5-7-9-11-13-23-15-19-25(20-16-23)27(28)29-26-21-17-24(18-22-26)14-12-10-8-6-4-2/h15-22H,3-14H2,1-2H3. The van der Waals surface area contributed by atoms with Crippen LogP contribution in [-0.2, 0) is 12.8 Å². The second kappa shape index (κ2) is 14.0. The van der Waals surface area contributed by atoms with Gasteiger partial charge < -0.3 is 4.74 Å². The number of carbonyl (C=O) groups is 1. The normalized spacial score (nSPS) is 10.8. The summed E-state index contributed by atoms with van der Waals surface area (Å²) in [6.45, 7) is 4.48. The molecule has 0 aliphatic carbocycles. The number of ether oxygens (including phenoxy) is 1. The van der Waals surface area contributed by atoms with Gasteiger partial charge in [-0.15, -0.1) is 0 Å². The van der Waals surface area contributed by atoms with E-state index < -0.39 is 0 Å². The Hall–Kier alpha value is -2.09. The van der Waals surface area contributed by atoms with E-state index >= 15 is 0 Å². The third kappa shape index (κ3) is 9.30. The van der Waals surface area contributed by atoms with E-state index in [1.54, 1.807) is 0 Å². The van der Waals surface area contributed by atoms with Crippen LogP contribution in [0, 0.1) is 0 Å². The van der Waals surface area contributed by atoms with E-state index in [1.165, 1.54) is 75.3 Å². The summed E-state index contributed by atoms with van der Waals surface area (Å²) in [5, 5.41) is 0. The van der Waals surface area contributed by atoms with Gasteiger partial charge in [-0.05, 0) is 61.1 Å². The molecule has 2 rings (SSSR count). The van der Waals surface area contributed by atoms with Crippen LogP contribution in [0.5, 0.6) is 5.75 Å². The van der Waals surface area contributed by atoms with Gasteiger partial charge >= 0.3 is 5.97 Å². The van der Waals surface area contributed by atoms with Gasteiger partial charge in [0.25, 0.3) is 0 Å². The van der Waals surface area contributed by atoms with E-state index in [1.807, 2.05) is 24.3 Å². The Bertz CT molecular complexity index is 685. The van der Waals surface area contributed by atoms with Crippen LogP contribution >= 0.6 is 0 Å². The van der Waals surface area contributed by atoms with Crippen molar-refractivity contribution in [2.45, 2.75) is 90.9 Å². The van der Waals surface area contributed by atoms with Crippen molar-refractivity contribution in [1.29, 1.82) is 0 Å². The minimum absolute atomic E-state index is 0.285. The largest absolute Gasteiger partial charge is 0.423 e. The van der Waals surface area contributed by atoms with Gasteiger partial charge in [0.1, 0.15) is 5.75 Å². The van der Waals surface area contributed by atoms with Gasteiger partial charge in [-0.3, -0.25) is 0 Å². The zero-order valence-electron chi connectivity index (χ0n) is 18.4. The van der Waals surface area contributed by atoms with Crippen LogP contribution in [-0.4, -0.2) is 5.97 Å². The summed E-state index contributed by atoms with van der Waals surface area (Å²) in [5.74, 6) is 0.330. The van der Waals surface area contributed by atoms with Crippen LogP contribution in [0.15, 0.2) is 48.5 Å². The molecule has 0 spiro atoms. The van der Waals surface area contributed by atoms with Crippen molar-refractivity contribution in [3.05, 3.63) is 65.2 Å². The number of esters is 1. The van der Waals surface area contributed by atoms with Crippen molar-refractivity contribution < 1.29 is 9.53 Å². The quantitative estimate of drug-likeness (QED) is 0.185. The minimum atomic E-state index is -0.285. The average Bonchev–Trinajstić information content (AvgIpc) is 2.75. The molecule has 158 valence electrons. The molecule has 2 heteroatoms. The van der Waals surface area contributed by atoms with Gasteiger partial charge in [-0.2, -0.15) is 0 Å². The van der Waals surface area contributed by atoms with Crippen LogP contribution in [0.4, 0.5) is 0 Å². The predicted octanol–water partition coefficient (Wildman–Crippen LogP) is 7.93. The highest BCUT2D eigenvalue weighted by molar-refractivity contribution is 5.91. The molecule has 0 atom stereocenters. The Morgan fingerprint density at radius 3 is 1.55 bits per heavy atom. The molecule has 0 unspecified atom stereocenters. The molecule has 0 saturated carbocycles. The average molecular weight is 395 g/mol. The summed E-state index contributed by atoms with van der Waals surface area (Å²) in [4.78, 5) is 12.4. The molecule has 0 radical (unpaired) electrons. The van der Waals surface area contributed by atoms with Crippen LogP contribution in [0.25, 0.3) is 0 Å². The summed E-state index contributed by atoms with van der Waals surface area (Å²) in [6.07, 6.45) is 15.0. The lowest BCUT2D eigenvalue weighted by atomic mass is 10.0. The van der Waals surface area contributed by atoms with E-state index in [9.17, 15) is 4.79 Å². The van der Waals surface area contributed by atoms with Gasteiger partial charge in [0.05, 0.1) is 5.56 Å². The fraction of sp³-hybridized carbons (Fsp3) is 0.519. The third-order valence-corrected chi connectivity index (χ3v) is 5.46. The number of benzene rings is 2. The maximum atomic E-state index is 12.4. The monoisotopic (exact) mass is 394 g/mol. The first-order valence-corrected chi connectivity index (χ1v) is 11.6. The first-order chi connectivity index (χ1) is 14.2. The van der Waals surface area contributed by atoms with Crippen molar-refractivity contribution in [3.8, 4) is 5.75 Å². The number of unbranched alkanes of at least 4 members (excludes halogenated alkanes) is 8. The molecule has 0 saturated heterocycles. The van der Waals surface area contributed by atoms with E-state index in [4.69, 9.17) is 4.74 Å². The number of rotatable bonds is 14. The predicted molar refractivity (Wildman–Crippen MR) is 123 cm³/mol. The van der Waals surface area contributed by atoms with Crippen LogP contribution in [0.2, 0.25) is 0 Å². The topological polar surface area (TPSA) is 26.3 Å². The Morgan fingerprint density at radius 2 is 1.07 bits per heavy atom. The van der Waals surface area contributed by atoms with Gasteiger partial charge in [-0.1, -0.05) is 89.5 Å². The summed E-state index contributed by atoms with van der Waals surface area (Å²) in [7, 11) is 0. The fourth-order valence-corrected chi connectivity index (χ4v) is 3.56. The van der Waals surface area contributed by atoms with Crippen molar-refractivity contribution in [1.82, 2.24) is 0 Å². The van der Waals surface area contributed by atoms with Crippen molar-refractivity contribution in [3.63, 3.8) is 0 Å². The Balaban J connectivity index is 1.74. The second-order valence-electron chi connectivity index (χ2n) is 8.06. The number of hydrogen-bond acceptors (Lipinski definition) is 2. The number of carbonyl (C=O) groups excluding carboxylic acids is 1. The lowest BCUT2D eigenvalue weighted by Gasteiger charge is -2.07. The maximum absolute atomic E-state index is 12.4. The molecule has 2 aromatic rings.